The van der Waals surface area contributed by atoms with E-state index in [-0.39, 0.29) is 22.7 Å². The highest BCUT2D eigenvalue weighted by Gasteiger charge is 2.22. The lowest BCUT2D eigenvalue weighted by molar-refractivity contribution is 0.483. The van der Waals surface area contributed by atoms with E-state index in [1.165, 1.54) is 6.07 Å². The Labute approximate surface area is 119 Å². The van der Waals surface area contributed by atoms with Gasteiger partial charge >= 0.3 is 0 Å². The molecule has 0 radical (unpaired) electrons. The maximum Gasteiger partial charge on any atom is 0.245 e. The van der Waals surface area contributed by atoms with Crippen LogP contribution in [-0.2, 0) is 30.2 Å². The van der Waals surface area contributed by atoms with Gasteiger partial charge in [-0.25, -0.2) is 13.1 Å². The summed E-state index contributed by atoms with van der Waals surface area (Å²) >= 11 is 3.07. The summed E-state index contributed by atoms with van der Waals surface area (Å²) in [5.74, 6) is 0.396. The maximum atomic E-state index is 12.1. The molecule has 0 bridgehead atoms. The molecule has 3 N–H and O–H groups in total. The second kappa shape index (κ2) is 5.45. The molecule has 0 fully saturated rings. The highest BCUT2D eigenvalue weighted by Crippen LogP contribution is 2.25. The Bertz CT molecular complexity index is 677. The molecule has 0 saturated heterocycles. The molecule has 2 rings (SSSR count). The van der Waals surface area contributed by atoms with E-state index in [0.29, 0.717) is 5.76 Å². The zero-order valence-electron chi connectivity index (χ0n) is 10.1. The highest BCUT2D eigenvalue weighted by atomic mass is 79.9. The smallest absolute Gasteiger partial charge is 0.245 e. The second-order valence-electron chi connectivity index (χ2n) is 3.83. The molecule has 0 aliphatic heterocycles. The van der Waals surface area contributed by atoms with Gasteiger partial charge in [-0.2, -0.15) is 5.10 Å². The van der Waals surface area contributed by atoms with Crippen LogP contribution in [0.25, 0.3) is 0 Å². The quantitative estimate of drug-likeness (QED) is 0.828. The summed E-state index contributed by atoms with van der Waals surface area (Å²) in [7, 11) is -1.92. The molecule has 0 spiro atoms. The molecule has 2 aromatic heterocycles. The number of nitrogens with two attached hydrogens (primary N) is 1. The Kier molecular flexibility index (Phi) is 4.09. The van der Waals surface area contributed by atoms with Gasteiger partial charge in [-0.05, 0) is 22.0 Å². The van der Waals surface area contributed by atoms with Crippen LogP contribution in [0.3, 0.4) is 0 Å². The van der Waals surface area contributed by atoms with Crippen LogP contribution in [0.4, 0.5) is 0 Å². The van der Waals surface area contributed by atoms with Crippen LogP contribution in [0.5, 0.6) is 0 Å². The average Bonchev–Trinajstić information content (AvgIpc) is 2.93. The molecular formula is C10H13BrN4O3S. The number of rotatable bonds is 5. The topological polar surface area (TPSA) is 103 Å². The Morgan fingerprint density at radius 2 is 2.32 bits per heavy atom. The summed E-state index contributed by atoms with van der Waals surface area (Å²) in [5, 5.41) is 3.96. The fourth-order valence-electron chi connectivity index (χ4n) is 1.50. The van der Waals surface area contributed by atoms with E-state index < -0.39 is 10.0 Å². The molecule has 0 aliphatic rings. The van der Waals surface area contributed by atoms with Crippen LogP contribution < -0.4 is 10.5 Å². The lowest BCUT2D eigenvalue weighted by Gasteiger charge is -2.05. The van der Waals surface area contributed by atoms with Crippen molar-refractivity contribution in [2.75, 3.05) is 0 Å². The molecule has 19 heavy (non-hydrogen) atoms. The van der Waals surface area contributed by atoms with Crippen LogP contribution >= 0.6 is 15.9 Å². The van der Waals surface area contributed by atoms with E-state index in [4.69, 9.17) is 10.2 Å². The Balaban J connectivity index is 2.18. The van der Waals surface area contributed by atoms with Gasteiger partial charge in [0.05, 0.1) is 18.8 Å². The van der Waals surface area contributed by atoms with E-state index in [9.17, 15) is 8.42 Å². The molecule has 0 saturated carbocycles. The molecule has 2 heterocycles. The summed E-state index contributed by atoms with van der Waals surface area (Å²) in [6.07, 6.45) is 1.60. The molecular weight excluding hydrogens is 336 g/mol. The van der Waals surface area contributed by atoms with Gasteiger partial charge in [-0.1, -0.05) is 0 Å². The molecule has 0 atom stereocenters. The van der Waals surface area contributed by atoms with Crippen molar-refractivity contribution in [3.63, 3.8) is 0 Å². The van der Waals surface area contributed by atoms with Crippen molar-refractivity contribution in [2.24, 2.45) is 12.8 Å². The number of halogens is 1. The summed E-state index contributed by atoms with van der Waals surface area (Å²) in [5.41, 5.74) is 6.16. The minimum Gasteiger partial charge on any atom is -0.452 e. The van der Waals surface area contributed by atoms with E-state index in [0.717, 1.165) is 5.69 Å². The monoisotopic (exact) mass is 348 g/mol. The van der Waals surface area contributed by atoms with Gasteiger partial charge in [0.2, 0.25) is 10.0 Å². The summed E-state index contributed by atoms with van der Waals surface area (Å²) in [6, 6.07) is 3.13. The van der Waals surface area contributed by atoms with Gasteiger partial charge in [-0.15, -0.1) is 0 Å². The number of furan rings is 1. The van der Waals surface area contributed by atoms with Crippen molar-refractivity contribution in [3.05, 3.63) is 34.5 Å². The lowest BCUT2D eigenvalue weighted by Crippen LogP contribution is -2.24. The highest BCUT2D eigenvalue weighted by molar-refractivity contribution is 9.10. The van der Waals surface area contributed by atoms with Gasteiger partial charge in [0.25, 0.3) is 0 Å². The zero-order valence-corrected chi connectivity index (χ0v) is 12.5. The van der Waals surface area contributed by atoms with Crippen molar-refractivity contribution in [1.82, 2.24) is 14.5 Å². The van der Waals surface area contributed by atoms with E-state index in [1.54, 1.807) is 24.0 Å². The first-order valence-corrected chi connectivity index (χ1v) is 7.66. The van der Waals surface area contributed by atoms with Crippen LogP contribution in [0.15, 0.2) is 32.3 Å². The predicted molar refractivity (Wildman–Crippen MR) is 71.5 cm³/mol. The standard InChI is InChI=1S/C10H13BrN4O3S/c1-15-7(2-3-13-15)6-14-19(16,17)9-4-8(5-12)18-10(9)11/h2-4,14H,5-6,12H2,1H3. The number of sulfonamides is 1. The number of nitrogens with one attached hydrogen (secondary N) is 1. The van der Waals surface area contributed by atoms with Crippen molar-refractivity contribution in [1.29, 1.82) is 0 Å². The van der Waals surface area contributed by atoms with Crippen LogP contribution in [0.1, 0.15) is 11.5 Å². The molecule has 0 unspecified atom stereocenters. The van der Waals surface area contributed by atoms with Crippen molar-refractivity contribution in [3.8, 4) is 0 Å². The molecule has 0 amide bonds. The first-order valence-electron chi connectivity index (χ1n) is 5.39. The van der Waals surface area contributed by atoms with Crippen molar-refractivity contribution >= 4 is 26.0 Å². The number of hydrogen-bond donors (Lipinski definition) is 2. The summed E-state index contributed by atoms with van der Waals surface area (Å²) in [6.45, 7) is 0.282. The Morgan fingerprint density at radius 1 is 1.58 bits per heavy atom. The third-order valence-corrected chi connectivity index (χ3v) is 4.82. The minimum atomic E-state index is -3.66. The van der Waals surface area contributed by atoms with Gasteiger partial charge < -0.3 is 10.2 Å². The van der Waals surface area contributed by atoms with Crippen LogP contribution in [0, 0.1) is 0 Å². The molecule has 9 heteroatoms. The van der Waals surface area contributed by atoms with Gasteiger partial charge in [0.15, 0.2) is 4.67 Å². The van der Waals surface area contributed by atoms with Crippen molar-refractivity contribution < 1.29 is 12.8 Å². The normalized spacial score (nSPS) is 11.9. The van der Waals surface area contributed by atoms with E-state index in [1.807, 2.05) is 0 Å². The first-order chi connectivity index (χ1) is 8.94. The lowest BCUT2D eigenvalue weighted by atomic mass is 10.4. The van der Waals surface area contributed by atoms with E-state index >= 15 is 0 Å². The van der Waals surface area contributed by atoms with E-state index in [2.05, 4.69) is 25.8 Å². The summed E-state index contributed by atoms with van der Waals surface area (Å²) < 4.78 is 33.6. The molecule has 2 aromatic rings. The Morgan fingerprint density at radius 3 is 2.84 bits per heavy atom. The zero-order chi connectivity index (χ0) is 14.0. The fourth-order valence-corrected chi connectivity index (χ4v) is 3.50. The average molecular weight is 349 g/mol. The van der Waals surface area contributed by atoms with Crippen LogP contribution in [-0.4, -0.2) is 18.2 Å². The van der Waals surface area contributed by atoms with Crippen LogP contribution in [0.2, 0.25) is 0 Å². The largest absolute Gasteiger partial charge is 0.452 e. The SMILES string of the molecule is Cn1nccc1CNS(=O)(=O)c1cc(CN)oc1Br. The maximum absolute atomic E-state index is 12.1. The Hall–Kier alpha value is -1.16. The fraction of sp³-hybridized carbons (Fsp3) is 0.300. The van der Waals surface area contributed by atoms with Crippen molar-refractivity contribution in [2.45, 2.75) is 18.0 Å². The van der Waals surface area contributed by atoms with Gasteiger partial charge in [-0.3, -0.25) is 4.68 Å². The third-order valence-electron chi connectivity index (χ3n) is 2.56. The predicted octanol–water partition coefficient (Wildman–Crippen LogP) is 0.713. The number of hydrogen-bond acceptors (Lipinski definition) is 5. The molecule has 104 valence electrons. The van der Waals surface area contributed by atoms with Gasteiger partial charge in [0, 0.05) is 19.3 Å². The minimum absolute atomic E-state index is 0.0371. The molecule has 7 nitrogen and oxygen atoms in total. The third kappa shape index (κ3) is 3.06. The van der Waals surface area contributed by atoms with Gasteiger partial charge in [0.1, 0.15) is 10.7 Å². The first kappa shape index (κ1) is 14.3. The number of aromatic nitrogens is 2. The number of nitrogens with zero attached hydrogens (tertiary/aromatic N) is 2. The molecule has 0 aromatic carbocycles. The number of aryl methyl sites for hydroxylation is 1. The second-order valence-corrected chi connectivity index (χ2v) is 6.28. The summed E-state index contributed by atoms with van der Waals surface area (Å²) in [4.78, 5) is 0.0371. The molecule has 0 aliphatic carbocycles.